The SMILES string of the molecule is CC(=O)/C(N)=C(\C)N(N)c1cc(Cl)ccc1C#N. The van der Waals surface area contributed by atoms with Crippen LogP contribution in [0.5, 0.6) is 0 Å². The van der Waals surface area contributed by atoms with Gasteiger partial charge in [-0.15, -0.1) is 0 Å². The van der Waals surface area contributed by atoms with Crippen molar-refractivity contribution in [2.75, 3.05) is 5.01 Å². The molecule has 0 unspecified atom stereocenters. The van der Waals surface area contributed by atoms with E-state index in [9.17, 15) is 4.79 Å². The summed E-state index contributed by atoms with van der Waals surface area (Å²) in [5, 5.41) is 10.6. The molecule has 0 atom stereocenters. The Morgan fingerprint density at radius 1 is 1.44 bits per heavy atom. The molecule has 0 bridgehead atoms. The van der Waals surface area contributed by atoms with E-state index in [0.29, 0.717) is 22.0 Å². The number of benzene rings is 1. The number of carbonyl (C=O) groups is 1. The van der Waals surface area contributed by atoms with Crippen LogP contribution in [-0.4, -0.2) is 5.78 Å². The third-order valence-corrected chi connectivity index (χ3v) is 2.71. The summed E-state index contributed by atoms with van der Waals surface area (Å²) >= 11 is 5.86. The van der Waals surface area contributed by atoms with Gasteiger partial charge in [0, 0.05) is 11.9 Å². The van der Waals surface area contributed by atoms with Crippen LogP contribution in [0.1, 0.15) is 19.4 Å². The van der Waals surface area contributed by atoms with Gasteiger partial charge in [-0.3, -0.25) is 9.80 Å². The summed E-state index contributed by atoms with van der Waals surface area (Å²) in [5.74, 6) is 5.57. The molecule has 94 valence electrons. The van der Waals surface area contributed by atoms with Gasteiger partial charge < -0.3 is 5.73 Å². The first-order valence-corrected chi connectivity index (χ1v) is 5.48. The summed E-state index contributed by atoms with van der Waals surface area (Å²) < 4.78 is 0. The molecule has 5 nitrogen and oxygen atoms in total. The lowest BCUT2D eigenvalue weighted by Gasteiger charge is -2.21. The number of hydrogen-bond donors (Lipinski definition) is 2. The van der Waals surface area contributed by atoms with Crippen LogP contribution in [0.3, 0.4) is 0 Å². The molecule has 0 aliphatic rings. The standard InChI is InChI=1S/C12H13ClN4O/c1-7(12(15)8(2)18)17(16)11-5-10(13)4-3-9(11)6-14/h3-5H,15-16H2,1-2H3/b12-7-. The fourth-order valence-electron chi connectivity index (χ4n) is 1.36. The largest absolute Gasteiger partial charge is 0.394 e. The van der Waals surface area contributed by atoms with Crippen LogP contribution < -0.4 is 16.6 Å². The molecule has 0 spiro atoms. The van der Waals surface area contributed by atoms with E-state index in [2.05, 4.69) is 0 Å². The predicted octanol–water partition coefficient (Wildman–Crippen LogP) is 1.67. The molecule has 1 aromatic rings. The molecule has 0 saturated carbocycles. The van der Waals surface area contributed by atoms with Crippen LogP contribution >= 0.6 is 11.6 Å². The van der Waals surface area contributed by atoms with Crippen molar-refractivity contribution in [1.82, 2.24) is 0 Å². The first-order valence-electron chi connectivity index (χ1n) is 5.10. The van der Waals surface area contributed by atoms with Gasteiger partial charge in [0.1, 0.15) is 6.07 Å². The summed E-state index contributed by atoms with van der Waals surface area (Å²) in [5.41, 5.74) is 6.77. The molecule has 4 N–H and O–H groups in total. The second-order valence-corrected chi connectivity index (χ2v) is 4.13. The van der Waals surface area contributed by atoms with Crippen molar-refractivity contribution in [3.63, 3.8) is 0 Å². The molecule has 0 aromatic heterocycles. The number of rotatable bonds is 3. The summed E-state index contributed by atoms with van der Waals surface area (Å²) in [6.45, 7) is 2.94. The van der Waals surface area contributed by atoms with Gasteiger partial charge >= 0.3 is 0 Å². The lowest BCUT2D eigenvalue weighted by atomic mass is 10.1. The zero-order valence-electron chi connectivity index (χ0n) is 10.1. The number of hydrazine groups is 1. The number of anilines is 1. The van der Waals surface area contributed by atoms with Gasteiger partial charge in [0.05, 0.1) is 22.6 Å². The van der Waals surface area contributed by atoms with E-state index in [1.165, 1.54) is 18.0 Å². The molecule has 0 saturated heterocycles. The van der Waals surface area contributed by atoms with Crippen LogP contribution in [0, 0.1) is 11.3 Å². The number of halogens is 1. The lowest BCUT2D eigenvalue weighted by Crippen LogP contribution is -2.33. The van der Waals surface area contributed by atoms with Crippen LogP contribution in [0.15, 0.2) is 29.6 Å². The van der Waals surface area contributed by atoms with E-state index < -0.39 is 0 Å². The van der Waals surface area contributed by atoms with E-state index in [-0.39, 0.29) is 11.5 Å². The Balaban J connectivity index is 3.31. The number of nitrogens with zero attached hydrogens (tertiary/aromatic N) is 2. The quantitative estimate of drug-likeness (QED) is 0.492. The first-order chi connectivity index (χ1) is 8.38. The Hall–Kier alpha value is -2.03. The second-order valence-electron chi connectivity index (χ2n) is 3.70. The van der Waals surface area contributed by atoms with Gasteiger partial charge in [0.15, 0.2) is 5.78 Å². The fraction of sp³-hybridized carbons (Fsp3) is 0.167. The van der Waals surface area contributed by atoms with E-state index in [0.717, 1.165) is 0 Å². The number of Topliss-reactive ketones (excluding diaryl/α,β-unsaturated/α-hetero) is 1. The molecule has 1 aromatic carbocycles. The average molecular weight is 265 g/mol. The van der Waals surface area contributed by atoms with Crippen LogP contribution in [0.4, 0.5) is 5.69 Å². The van der Waals surface area contributed by atoms with Crippen molar-refractivity contribution in [3.05, 3.63) is 40.2 Å². The van der Waals surface area contributed by atoms with E-state index in [1.807, 2.05) is 6.07 Å². The van der Waals surface area contributed by atoms with Crippen molar-refractivity contribution in [3.8, 4) is 6.07 Å². The molecule has 6 heteroatoms. The fourth-order valence-corrected chi connectivity index (χ4v) is 1.53. The van der Waals surface area contributed by atoms with Gasteiger partial charge in [-0.25, -0.2) is 5.84 Å². The van der Waals surface area contributed by atoms with Crippen LogP contribution in [0.25, 0.3) is 0 Å². The van der Waals surface area contributed by atoms with E-state index in [1.54, 1.807) is 19.1 Å². The number of ketones is 1. The average Bonchev–Trinajstić information content (AvgIpc) is 2.35. The Bertz CT molecular complexity index is 560. The highest BCUT2D eigenvalue weighted by atomic mass is 35.5. The summed E-state index contributed by atoms with van der Waals surface area (Å²) in [6.07, 6.45) is 0. The Morgan fingerprint density at radius 3 is 2.56 bits per heavy atom. The minimum absolute atomic E-state index is 0.0429. The van der Waals surface area contributed by atoms with Crippen molar-refractivity contribution >= 4 is 23.1 Å². The molecular formula is C12H13ClN4O. The van der Waals surface area contributed by atoms with Crippen LogP contribution in [-0.2, 0) is 4.79 Å². The zero-order valence-corrected chi connectivity index (χ0v) is 10.8. The molecule has 1 rings (SSSR count). The van der Waals surface area contributed by atoms with E-state index in [4.69, 9.17) is 28.4 Å². The highest BCUT2D eigenvalue weighted by Crippen LogP contribution is 2.25. The maximum atomic E-state index is 11.2. The van der Waals surface area contributed by atoms with Gasteiger partial charge in [0.25, 0.3) is 0 Å². The second kappa shape index (κ2) is 5.54. The third kappa shape index (κ3) is 2.80. The minimum atomic E-state index is -0.288. The number of hydrogen-bond acceptors (Lipinski definition) is 5. The van der Waals surface area contributed by atoms with E-state index >= 15 is 0 Å². The maximum absolute atomic E-state index is 11.2. The molecule has 0 amide bonds. The molecule has 0 aliphatic heterocycles. The molecule has 18 heavy (non-hydrogen) atoms. The zero-order chi connectivity index (χ0) is 13.9. The Kier molecular flexibility index (Phi) is 4.32. The lowest BCUT2D eigenvalue weighted by molar-refractivity contribution is -0.113. The number of allylic oxidation sites excluding steroid dienone is 2. The number of nitriles is 1. The molecule has 0 aliphatic carbocycles. The van der Waals surface area contributed by atoms with Crippen LogP contribution in [0.2, 0.25) is 5.02 Å². The Morgan fingerprint density at radius 2 is 2.06 bits per heavy atom. The monoisotopic (exact) mass is 264 g/mol. The molecule has 0 fully saturated rings. The normalized spacial score (nSPS) is 11.5. The van der Waals surface area contributed by atoms with Crippen molar-refractivity contribution in [1.29, 1.82) is 5.26 Å². The third-order valence-electron chi connectivity index (χ3n) is 2.47. The van der Waals surface area contributed by atoms with Crippen molar-refractivity contribution in [2.45, 2.75) is 13.8 Å². The molecule has 0 heterocycles. The van der Waals surface area contributed by atoms with Crippen molar-refractivity contribution < 1.29 is 4.79 Å². The van der Waals surface area contributed by atoms with Gasteiger partial charge in [-0.1, -0.05) is 11.6 Å². The highest BCUT2D eigenvalue weighted by Gasteiger charge is 2.14. The minimum Gasteiger partial charge on any atom is -0.394 e. The molecular weight excluding hydrogens is 252 g/mol. The van der Waals surface area contributed by atoms with Crippen molar-refractivity contribution in [2.24, 2.45) is 11.6 Å². The maximum Gasteiger partial charge on any atom is 0.177 e. The first kappa shape index (κ1) is 14.0. The summed E-state index contributed by atoms with van der Waals surface area (Å²) in [7, 11) is 0. The smallest absolute Gasteiger partial charge is 0.177 e. The predicted molar refractivity (Wildman–Crippen MR) is 70.4 cm³/mol. The summed E-state index contributed by atoms with van der Waals surface area (Å²) in [6, 6.07) is 6.68. The van der Waals surface area contributed by atoms with Gasteiger partial charge in [-0.05, 0) is 25.1 Å². The molecule has 0 radical (unpaired) electrons. The number of nitrogens with two attached hydrogens (primary N) is 2. The topological polar surface area (TPSA) is 96.1 Å². The van der Waals surface area contributed by atoms with Gasteiger partial charge in [0.2, 0.25) is 0 Å². The Labute approximate surface area is 110 Å². The summed E-state index contributed by atoms with van der Waals surface area (Å²) in [4.78, 5) is 11.2. The van der Waals surface area contributed by atoms with Gasteiger partial charge in [-0.2, -0.15) is 5.26 Å². The highest BCUT2D eigenvalue weighted by molar-refractivity contribution is 6.30. The number of carbonyl (C=O) groups excluding carboxylic acids is 1.